The highest BCUT2D eigenvalue weighted by Gasteiger charge is 2.09. The average molecular weight is 290 g/mol. The Hall–Kier alpha value is -3.03. The first kappa shape index (κ1) is 14.4. The number of hydrogen-bond donors (Lipinski definition) is 4. The number of nitrogens with two attached hydrogens (primary N) is 1. The van der Waals surface area contributed by atoms with E-state index in [1.807, 2.05) is 4.98 Å². The third kappa shape index (κ3) is 3.96. The van der Waals surface area contributed by atoms with Crippen molar-refractivity contribution in [3.63, 3.8) is 0 Å². The first-order valence-electron chi connectivity index (χ1n) is 6.15. The highest BCUT2D eigenvalue weighted by molar-refractivity contribution is 5.93. The van der Waals surface area contributed by atoms with Gasteiger partial charge in [0.25, 0.3) is 11.5 Å². The van der Waals surface area contributed by atoms with Gasteiger partial charge in [0.1, 0.15) is 17.9 Å². The van der Waals surface area contributed by atoms with E-state index in [0.29, 0.717) is 11.4 Å². The second kappa shape index (κ2) is 6.42. The molecule has 1 amide bonds. The predicted octanol–water partition coefficient (Wildman–Crippen LogP) is -0.546. The second-order valence-electron chi connectivity index (χ2n) is 4.16. The summed E-state index contributed by atoms with van der Waals surface area (Å²) in [4.78, 5) is 38.1. The molecule has 0 aliphatic rings. The molecule has 8 heteroatoms. The summed E-state index contributed by atoms with van der Waals surface area (Å²) in [5.74, 6) is -0.00480. The first-order valence-corrected chi connectivity index (χ1v) is 6.15. The molecule has 0 aliphatic carbocycles. The van der Waals surface area contributed by atoms with Gasteiger partial charge in [0.05, 0.1) is 6.54 Å². The van der Waals surface area contributed by atoms with Crippen molar-refractivity contribution in [2.45, 2.75) is 0 Å². The minimum Gasteiger partial charge on any atom is -0.492 e. The summed E-state index contributed by atoms with van der Waals surface area (Å²) in [5, 5.41) is 2.51. The van der Waals surface area contributed by atoms with Crippen LogP contribution in [0.1, 0.15) is 10.4 Å². The van der Waals surface area contributed by atoms with Gasteiger partial charge in [0, 0.05) is 18.0 Å². The first-order chi connectivity index (χ1) is 10.1. The third-order valence-corrected chi connectivity index (χ3v) is 2.58. The summed E-state index contributed by atoms with van der Waals surface area (Å²) < 4.78 is 5.38. The number of rotatable bonds is 5. The third-order valence-electron chi connectivity index (χ3n) is 2.58. The Morgan fingerprint density at radius 1 is 1.33 bits per heavy atom. The lowest BCUT2D eigenvalue weighted by Gasteiger charge is -2.07. The van der Waals surface area contributed by atoms with Crippen molar-refractivity contribution in [1.29, 1.82) is 0 Å². The maximum atomic E-state index is 11.7. The molecule has 5 N–H and O–H groups in total. The summed E-state index contributed by atoms with van der Waals surface area (Å²) in [6.07, 6.45) is 1.06. The lowest BCUT2D eigenvalue weighted by Crippen LogP contribution is -2.35. The summed E-state index contributed by atoms with van der Waals surface area (Å²) >= 11 is 0. The van der Waals surface area contributed by atoms with Gasteiger partial charge in [-0.25, -0.2) is 4.79 Å². The smallest absolute Gasteiger partial charge is 0.325 e. The number of carbonyl (C=O) groups is 1. The van der Waals surface area contributed by atoms with Gasteiger partial charge < -0.3 is 20.8 Å². The monoisotopic (exact) mass is 290 g/mol. The Balaban J connectivity index is 1.84. The van der Waals surface area contributed by atoms with Gasteiger partial charge in [-0.05, 0) is 12.1 Å². The van der Waals surface area contributed by atoms with Crippen molar-refractivity contribution in [2.75, 3.05) is 18.9 Å². The molecule has 0 saturated carbocycles. The van der Waals surface area contributed by atoms with Gasteiger partial charge in [-0.3, -0.25) is 14.6 Å². The molecule has 0 atom stereocenters. The number of nitrogen functional groups attached to an aromatic ring is 1. The molecule has 110 valence electrons. The maximum Gasteiger partial charge on any atom is 0.325 e. The number of ether oxygens (including phenoxy) is 1. The quantitative estimate of drug-likeness (QED) is 0.434. The van der Waals surface area contributed by atoms with Crippen molar-refractivity contribution < 1.29 is 9.53 Å². The fourth-order valence-electron chi connectivity index (χ4n) is 1.61. The molecule has 2 aromatic rings. The largest absolute Gasteiger partial charge is 0.492 e. The molecule has 0 spiro atoms. The zero-order valence-corrected chi connectivity index (χ0v) is 11.0. The van der Waals surface area contributed by atoms with Crippen molar-refractivity contribution in [2.24, 2.45) is 0 Å². The van der Waals surface area contributed by atoms with Crippen LogP contribution in [0.3, 0.4) is 0 Å². The molecule has 1 heterocycles. The average Bonchev–Trinajstić information content (AvgIpc) is 2.43. The van der Waals surface area contributed by atoms with E-state index in [1.54, 1.807) is 24.3 Å². The van der Waals surface area contributed by atoms with Crippen LogP contribution >= 0.6 is 0 Å². The normalized spacial score (nSPS) is 10.1. The number of hydrogen-bond acceptors (Lipinski definition) is 5. The van der Waals surface area contributed by atoms with E-state index in [2.05, 4.69) is 10.3 Å². The molecule has 0 unspecified atom stereocenters. The molecule has 2 rings (SSSR count). The fourth-order valence-corrected chi connectivity index (χ4v) is 1.61. The maximum absolute atomic E-state index is 11.7. The second-order valence-corrected chi connectivity index (χ2v) is 4.16. The molecule has 1 aromatic carbocycles. The number of carbonyl (C=O) groups excluding carboxylic acids is 1. The van der Waals surface area contributed by atoms with E-state index >= 15 is 0 Å². The lowest BCUT2D eigenvalue weighted by atomic mass is 10.3. The Kier molecular flexibility index (Phi) is 4.39. The Labute approximate surface area is 119 Å². The number of nitrogens with one attached hydrogen (secondary N) is 3. The minimum absolute atomic E-state index is 0.168. The van der Waals surface area contributed by atoms with E-state index in [9.17, 15) is 14.4 Å². The fraction of sp³-hybridized carbons (Fsp3) is 0.154. The van der Waals surface area contributed by atoms with Crippen LogP contribution in [0.2, 0.25) is 0 Å². The Bertz CT molecular complexity index is 750. The van der Waals surface area contributed by atoms with Crippen LogP contribution in [0.4, 0.5) is 5.69 Å². The number of aromatic nitrogens is 2. The summed E-state index contributed by atoms with van der Waals surface area (Å²) in [7, 11) is 0. The van der Waals surface area contributed by atoms with Crippen molar-refractivity contribution in [3.05, 3.63) is 56.9 Å². The number of aromatic amines is 2. The molecule has 1 aromatic heterocycles. The standard InChI is InChI=1S/C13H14N4O4/c14-8-2-1-3-9(6-8)21-5-4-15-11(18)10-7-16-13(20)17-12(10)19/h1-3,6-7H,4-5,14H2,(H,15,18)(H2,16,17,19,20). The van der Waals surface area contributed by atoms with Crippen LogP contribution in [0.5, 0.6) is 5.75 Å². The number of anilines is 1. The predicted molar refractivity (Wildman–Crippen MR) is 76.4 cm³/mol. The van der Waals surface area contributed by atoms with Crippen LogP contribution in [0.25, 0.3) is 0 Å². The van der Waals surface area contributed by atoms with Gasteiger partial charge in [0.15, 0.2) is 0 Å². The van der Waals surface area contributed by atoms with Crippen molar-refractivity contribution in [1.82, 2.24) is 15.3 Å². The zero-order valence-electron chi connectivity index (χ0n) is 11.0. The molecule has 0 fully saturated rings. The van der Waals surface area contributed by atoms with Crippen LogP contribution in [-0.4, -0.2) is 29.0 Å². The summed E-state index contributed by atoms with van der Waals surface area (Å²) in [6, 6.07) is 6.89. The van der Waals surface area contributed by atoms with Gasteiger partial charge >= 0.3 is 5.69 Å². The molecule has 0 radical (unpaired) electrons. The summed E-state index contributed by atoms with van der Waals surface area (Å²) in [5.41, 5.74) is 4.60. The zero-order chi connectivity index (χ0) is 15.2. The van der Waals surface area contributed by atoms with Crippen LogP contribution in [-0.2, 0) is 0 Å². The van der Waals surface area contributed by atoms with Crippen LogP contribution in [0, 0.1) is 0 Å². The highest BCUT2D eigenvalue weighted by Crippen LogP contribution is 2.13. The molecule has 8 nitrogen and oxygen atoms in total. The molecule has 0 saturated heterocycles. The van der Waals surface area contributed by atoms with Crippen LogP contribution < -0.4 is 27.0 Å². The van der Waals surface area contributed by atoms with Crippen molar-refractivity contribution in [3.8, 4) is 5.75 Å². The van der Waals surface area contributed by atoms with Gasteiger partial charge in [-0.1, -0.05) is 6.07 Å². The Morgan fingerprint density at radius 2 is 2.14 bits per heavy atom. The lowest BCUT2D eigenvalue weighted by molar-refractivity contribution is 0.0945. The molecule has 21 heavy (non-hydrogen) atoms. The van der Waals surface area contributed by atoms with Gasteiger partial charge in [-0.15, -0.1) is 0 Å². The highest BCUT2D eigenvalue weighted by atomic mass is 16.5. The SMILES string of the molecule is Nc1cccc(OCCNC(=O)c2c[nH]c(=O)[nH]c2=O)c1. The van der Waals surface area contributed by atoms with E-state index in [-0.39, 0.29) is 18.7 Å². The van der Waals surface area contributed by atoms with E-state index in [1.165, 1.54) is 0 Å². The van der Waals surface area contributed by atoms with Gasteiger partial charge in [-0.2, -0.15) is 0 Å². The molecular formula is C13H14N4O4. The minimum atomic E-state index is -0.743. The topological polar surface area (TPSA) is 130 Å². The molecular weight excluding hydrogens is 276 g/mol. The summed E-state index contributed by atoms with van der Waals surface area (Å²) in [6.45, 7) is 0.419. The Morgan fingerprint density at radius 3 is 2.86 bits per heavy atom. The molecule has 0 bridgehead atoms. The number of amides is 1. The molecule has 0 aliphatic heterocycles. The van der Waals surface area contributed by atoms with Gasteiger partial charge in [0.2, 0.25) is 0 Å². The van der Waals surface area contributed by atoms with E-state index < -0.39 is 17.2 Å². The van der Waals surface area contributed by atoms with Crippen molar-refractivity contribution >= 4 is 11.6 Å². The number of benzene rings is 1. The number of H-pyrrole nitrogens is 2. The van der Waals surface area contributed by atoms with Crippen LogP contribution in [0.15, 0.2) is 40.1 Å². The van der Waals surface area contributed by atoms with E-state index in [4.69, 9.17) is 10.5 Å². The van der Waals surface area contributed by atoms with E-state index in [0.717, 1.165) is 6.20 Å².